The number of ether oxygens (including phenoxy) is 1. The molecule has 0 amide bonds. The Labute approximate surface area is 164 Å². The first kappa shape index (κ1) is 18.4. The van der Waals surface area contributed by atoms with Gasteiger partial charge in [0.2, 0.25) is 5.13 Å². The van der Waals surface area contributed by atoms with Crippen LogP contribution in [0.4, 0.5) is 5.13 Å². The number of methoxy groups -OCH3 is 1. The Kier molecular flexibility index (Phi) is 5.88. The number of halogens is 2. The molecule has 0 atom stereocenters. The van der Waals surface area contributed by atoms with Gasteiger partial charge in [0.15, 0.2) is 0 Å². The molecule has 1 heterocycles. The predicted molar refractivity (Wildman–Crippen MR) is 107 cm³/mol. The van der Waals surface area contributed by atoms with Gasteiger partial charge in [0.1, 0.15) is 4.88 Å². The maximum absolute atomic E-state index is 12.0. The highest BCUT2D eigenvalue weighted by molar-refractivity contribution is 7.17. The van der Waals surface area contributed by atoms with Crippen LogP contribution >= 0.6 is 34.5 Å². The van der Waals surface area contributed by atoms with Gasteiger partial charge in [-0.1, -0.05) is 77.0 Å². The molecule has 2 aromatic carbocycles. The Bertz CT molecular complexity index is 958. The molecule has 8 heteroatoms. The van der Waals surface area contributed by atoms with Crippen LogP contribution in [0, 0.1) is 0 Å². The number of carbonyl (C=O) groups excluding carboxylic acids is 1. The van der Waals surface area contributed by atoms with E-state index in [0.717, 1.165) is 16.9 Å². The van der Waals surface area contributed by atoms with Crippen molar-refractivity contribution in [1.29, 1.82) is 0 Å². The van der Waals surface area contributed by atoms with Crippen LogP contribution in [0.1, 0.15) is 15.2 Å². The van der Waals surface area contributed by atoms with E-state index in [1.807, 2.05) is 30.3 Å². The number of esters is 1. The monoisotopic (exact) mass is 405 g/mol. The van der Waals surface area contributed by atoms with Crippen LogP contribution in [0.25, 0.3) is 11.3 Å². The number of benzene rings is 2. The lowest BCUT2D eigenvalue weighted by atomic mass is 10.1. The Balaban J connectivity index is 1.87. The van der Waals surface area contributed by atoms with Crippen LogP contribution in [0.2, 0.25) is 10.0 Å². The van der Waals surface area contributed by atoms with E-state index in [-0.39, 0.29) is 0 Å². The minimum atomic E-state index is -0.448. The third kappa shape index (κ3) is 4.04. The molecule has 26 heavy (non-hydrogen) atoms. The predicted octanol–water partition coefficient (Wildman–Crippen LogP) is 5.35. The molecule has 3 aromatic rings. The van der Waals surface area contributed by atoms with Crippen LogP contribution in [-0.4, -0.2) is 24.3 Å². The Morgan fingerprint density at radius 3 is 2.69 bits per heavy atom. The Morgan fingerprint density at radius 1 is 1.19 bits per heavy atom. The normalized spacial score (nSPS) is 10.9. The average molecular weight is 406 g/mol. The lowest BCUT2D eigenvalue weighted by molar-refractivity contribution is 0.0607. The van der Waals surface area contributed by atoms with Crippen molar-refractivity contribution in [3.05, 3.63) is 69.0 Å². The van der Waals surface area contributed by atoms with Crippen LogP contribution in [-0.2, 0) is 4.74 Å². The zero-order valence-corrected chi connectivity index (χ0v) is 15.9. The minimum Gasteiger partial charge on any atom is -0.465 e. The quantitative estimate of drug-likeness (QED) is 0.353. The molecule has 0 saturated carbocycles. The molecule has 0 aliphatic rings. The molecule has 1 N–H and O–H groups in total. The van der Waals surface area contributed by atoms with E-state index in [0.29, 0.717) is 31.3 Å². The largest absolute Gasteiger partial charge is 0.465 e. The number of rotatable bonds is 5. The smallest absolute Gasteiger partial charge is 0.350 e. The molecular formula is C18H13Cl2N3O2S. The van der Waals surface area contributed by atoms with Gasteiger partial charge >= 0.3 is 5.97 Å². The maximum Gasteiger partial charge on any atom is 0.350 e. The number of aromatic nitrogens is 1. The third-order valence-corrected chi connectivity index (χ3v) is 5.16. The molecule has 3 rings (SSSR count). The molecule has 132 valence electrons. The van der Waals surface area contributed by atoms with Gasteiger partial charge < -0.3 is 4.74 Å². The van der Waals surface area contributed by atoms with Crippen LogP contribution in [0.3, 0.4) is 0 Å². The number of nitrogens with zero attached hydrogens (tertiary/aromatic N) is 2. The van der Waals surface area contributed by atoms with Crippen molar-refractivity contribution in [3.63, 3.8) is 0 Å². The highest BCUT2D eigenvalue weighted by atomic mass is 35.5. The third-order valence-electron chi connectivity index (χ3n) is 3.39. The van der Waals surface area contributed by atoms with E-state index < -0.39 is 5.97 Å². The van der Waals surface area contributed by atoms with Crippen LogP contribution < -0.4 is 5.43 Å². The molecule has 0 spiro atoms. The van der Waals surface area contributed by atoms with E-state index in [1.165, 1.54) is 13.3 Å². The van der Waals surface area contributed by atoms with Crippen molar-refractivity contribution in [2.24, 2.45) is 5.10 Å². The summed E-state index contributed by atoms with van der Waals surface area (Å²) in [6.07, 6.45) is 1.54. The molecular weight excluding hydrogens is 393 g/mol. The molecule has 1 aromatic heterocycles. The standard InChI is InChI=1S/C18H13Cl2N3O2S/c1-25-17(24)16-15(11-6-3-2-4-7-11)22-18(26-16)23-21-10-12-8-5-9-13(19)14(12)20/h2-10H,1H3,(H,22,23)/b21-10-. The van der Waals surface area contributed by atoms with E-state index in [9.17, 15) is 4.79 Å². The van der Waals surface area contributed by atoms with Gasteiger partial charge in [-0.2, -0.15) is 5.10 Å². The second kappa shape index (κ2) is 8.31. The Morgan fingerprint density at radius 2 is 1.96 bits per heavy atom. The van der Waals surface area contributed by atoms with Crippen molar-refractivity contribution >= 4 is 51.9 Å². The number of nitrogens with one attached hydrogen (secondary N) is 1. The minimum absolute atomic E-state index is 0.400. The van der Waals surface area contributed by atoms with Crippen LogP contribution in [0.5, 0.6) is 0 Å². The number of thiazole rings is 1. The number of hydrogen-bond acceptors (Lipinski definition) is 6. The summed E-state index contributed by atoms with van der Waals surface area (Å²) in [4.78, 5) is 16.9. The summed E-state index contributed by atoms with van der Waals surface area (Å²) in [5.41, 5.74) is 4.84. The summed E-state index contributed by atoms with van der Waals surface area (Å²) in [6.45, 7) is 0. The zero-order chi connectivity index (χ0) is 18.5. The van der Waals surface area contributed by atoms with Crippen molar-refractivity contribution < 1.29 is 9.53 Å². The topological polar surface area (TPSA) is 63.6 Å². The van der Waals surface area contributed by atoms with E-state index >= 15 is 0 Å². The second-order valence-electron chi connectivity index (χ2n) is 5.07. The summed E-state index contributed by atoms with van der Waals surface area (Å²) >= 11 is 13.3. The number of carbonyl (C=O) groups is 1. The fourth-order valence-electron chi connectivity index (χ4n) is 2.17. The first-order valence-corrected chi connectivity index (χ1v) is 9.05. The fourth-order valence-corrected chi connectivity index (χ4v) is 3.38. The number of hydrazone groups is 1. The van der Waals surface area contributed by atoms with Crippen molar-refractivity contribution in [2.75, 3.05) is 12.5 Å². The van der Waals surface area contributed by atoms with E-state index in [2.05, 4.69) is 15.5 Å². The first-order valence-electron chi connectivity index (χ1n) is 7.48. The lowest BCUT2D eigenvalue weighted by Crippen LogP contribution is -2.00. The molecule has 0 saturated heterocycles. The van der Waals surface area contributed by atoms with Gasteiger partial charge in [-0.25, -0.2) is 9.78 Å². The van der Waals surface area contributed by atoms with Crippen molar-refractivity contribution in [3.8, 4) is 11.3 Å². The highest BCUT2D eigenvalue weighted by Gasteiger charge is 2.19. The van der Waals surface area contributed by atoms with Crippen LogP contribution in [0.15, 0.2) is 53.6 Å². The SMILES string of the molecule is COC(=O)c1sc(N/N=C\c2cccc(Cl)c2Cl)nc1-c1ccccc1. The summed E-state index contributed by atoms with van der Waals surface area (Å²) in [7, 11) is 1.34. The molecule has 0 aliphatic carbocycles. The number of hydrogen-bond donors (Lipinski definition) is 1. The average Bonchev–Trinajstić information content (AvgIpc) is 3.09. The van der Waals surface area contributed by atoms with Gasteiger partial charge in [-0.3, -0.25) is 5.43 Å². The van der Waals surface area contributed by atoms with E-state index in [1.54, 1.807) is 18.2 Å². The molecule has 0 fully saturated rings. The number of anilines is 1. The molecule has 0 radical (unpaired) electrons. The highest BCUT2D eigenvalue weighted by Crippen LogP contribution is 2.31. The van der Waals surface area contributed by atoms with Gasteiger partial charge in [0.25, 0.3) is 0 Å². The summed E-state index contributed by atoms with van der Waals surface area (Å²) < 4.78 is 4.85. The van der Waals surface area contributed by atoms with Gasteiger partial charge in [0.05, 0.1) is 29.1 Å². The Hall–Kier alpha value is -2.41. The van der Waals surface area contributed by atoms with Crippen molar-refractivity contribution in [2.45, 2.75) is 0 Å². The summed E-state index contributed by atoms with van der Waals surface area (Å²) in [6, 6.07) is 14.7. The fraction of sp³-hybridized carbons (Fsp3) is 0.0556. The first-order chi connectivity index (χ1) is 12.6. The van der Waals surface area contributed by atoms with Gasteiger partial charge in [-0.05, 0) is 6.07 Å². The zero-order valence-electron chi connectivity index (χ0n) is 13.6. The molecule has 0 aliphatic heterocycles. The van der Waals surface area contributed by atoms with Crippen molar-refractivity contribution in [1.82, 2.24) is 4.98 Å². The lowest BCUT2D eigenvalue weighted by Gasteiger charge is -2.00. The molecule has 0 bridgehead atoms. The second-order valence-corrected chi connectivity index (χ2v) is 6.85. The molecule has 5 nitrogen and oxygen atoms in total. The van der Waals surface area contributed by atoms with Gasteiger partial charge in [-0.15, -0.1) is 0 Å². The van der Waals surface area contributed by atoms with Gasteiger partial charge in [0, 0.05) is 11.1 Å². The summed E-state index contributed by atoms with van der Waals surface area (Å²) in [5, 5.41) is 5.45. The molecule has 0 unspecified atom stereocenters. The summed E-state index contributed by atoms with van der Waals surface area (Å²) in [5.74, 6) is -0.448. The maximum atomic E-state index is 12.0. The van der Waals surface area contributed by atoms with E-state index in [4.69, 9.17) is 27.9 Å².